The summed E-state index contributed by atoms with van der Waals surface area (Å²) in [4.78, 5) is 7.17. The van der Waals surface area contributed by atoms with Crippen molar-refractivity contribution in [3.8, 4) is 0 Å². The zero-order valence-electron chi connectivity index (χ0n) is 13.9. The first-order chi connectivity index (χ1) is 10.2. The third-order valence-electron chi connectivity index (χ3n) is 4.75. The Morgan fingerprint density at radius 1 is 1.43 bits per heavy atom. The van der Waals surface area contributed by atoms with Crippen molar-refractivity contribution in [2.75, 3.05) is 19.6 Å². The van der Waals surface area contributed by atoms with Gasteiger partial charge in [0.1, 0.15) is 0 Å². The van der Waals surface area contributed by atoms with Gasteiger partial charge >= 0.3 is 0 Å². The quantitative estimate of drug-likeness (QED) is 0.835. The number of nitrogens with zero attached hydrogens (tertiary/aromatic N) is 2. The lowest BCUT2D eigenvalue weighted by Gasteiger charge is -2.36. The lowest BCUT2D eigenvalue weighted by atomic mass is 9.91. The minimum atomic E-state index is 0.566. The largest absolute Gasteiger partial charge is 0.308 e. The van der Waals surface area contributed by atoms with Crippen LogP contribution in [-0.4, -0.2) is 35.6 Å². The first kappa shape index (κ1) is 16.4. The molecule has 2 atom stereocenters. The highest BCUT2D eigenvalue weighted by atomic mass is 15.1. The average molecular weight is 289 g/mol. The van der Waals surface area contributed by atoms with E-state index in [2.05, 4.69) is 42.0 Å². The number of hydrogen-bond acceptors (Lipinski definition) is 3. The number of pyridine rings is 1. The molecule has 1 fully saturated rings. The van der Waals surface area contributed by atoms with Gasteiger partial charge in [0, 0.05) is 25.3 Å². The van der Waals surface area contributed by atoms with Gasteiger partial charge in [-0.15, -0.1) is 0 Å². The lowest BCUT2D eigenvalue weighted by Crippen LogP contribution is -2.44. The zero-order valence-corrected chi connectivity index (χ0v) is 13.9. The maximum atomic E-state index is 4.54. The second-order valence-corrected chi connectivity index (χ2v) is 6.34. The van der Waals surface area contributed by atoms with Crippen molar-refractivity contribution < 1.29 is 0 Å². The summed E-state index contributed by atoms with van der Waals surface area (Å²) in [7, 11) is 0. The van der Waals surface area contributed by atoms with E-state index in [4.69, 9.17) is 0 Å². The topological polar surface area (TPSA) is 28.2 Å². The van der Waals surface area contributed by atoms with Gasteiger partial charge in [-0.1, -0.05) is 19.9 Å². The van der Waals surface area contributed by atoms with Gasteiger partial charge in [-0.05, 0) is 63.2 Å². The van der Waals surface area contributed by atoms with E-state index in [9.17, 15) is 0 Å². The number of piperidine rings is 1. The molecule has 0 aliphatic carbocycles. The summed E-state index contributed by atoms with van der Waals surface area (Å²) >= 11 is 0. The Kier molecular flexibility index (Phi) is 6.65. The predicted molar refractivity (Wildman–Crippen MR) is 89.4 cm³/mol. The number of nitrogens with one attached hydrogen (secondary N) is 1. The summed E-state index contributed by atoms with van der Waals surface area (Å²) in [6.45, 7) is 11.5. The van der Waals surface area contributed by atoms with Crippen molar-refractivity contribution in [3.63, 3.8) is 0 Å². The minimum Gasteiger partial charge on any atom is -0.308 e. The zero-order chi connectivity index (χ0) is 15.1. The number of hydrogen-bond donors (Lipinski definition) is 1. The highest BCUT2D eigenvalue weighted by molar-refractivity contribution is 5.19. The molecule has 21 heavy (non-hydrogen) atoms. The summed E-state index contributed by atoms with van der Waals surface area (Å²) in [6.07, 6.45) is 6.94. The first-order valence-electron chi connectivity index (χ1n) is 8.63. The molecule has 1 saturated heterocycles. The van der Waals surface area contributed by atoms with Crippen LogP contribution in [0, 0.1) is 5.92 Å². The maximum absolute atomic E-state index is 4.54. The second kappa shape index (κ2) is 8.50. The molecule has 3 heteroatoms. The molecule has 0 saturated carbocycles. The molecule has 0 amide bonds. The molecule has 2 heterocycles. The van der Waals surface area contributed by atoms with Crippen LogP contribution < -0.4 is 5.32 Å². The Balaban J connectivity index is 1.85. The summed E-state index contributed by atoms with van der Waals surface area (Å²) in [5.74, 6) is 0.777. The monoisotopic (exact) mass is 289 g/mol. The van der Waals surface area contributed by atoms with Gasteiger partial charge in [-0.25, -0.2) is 0 Å². The van der Waals surface area contributed by atoms with Gasteiger partial charge in [0.15, 0.2) is 0 Å². The molecule has 0 aromatic carbocycles. The van der Waals surface area contributed by atoms with Crippen LogP contribution in [0.5, 0.6) is 0 Å². The van der Waals surface area contributed by atoms with E-state index in [1.54, 1.807) is 0 Å². The van der Waals surface area contributed by atoms with Gasteiger partial charge in [0.05, 0.1) is 5.69 Å². The van der Waals surface area contributed by atoms with Crippen LogP contribution in [0.15, 0.2) is 18.3 Å². The van der Waals surface area contributed by atoms with Crippen LogP contribution in [0.1, 0.15) is 51.3 Å². The number of rotatable bonds is 7. The number of aromatic nitrogens is 1. The highest BCUT2D eigenvalue weighted by Crippen LogP contribution is 2.20. The van der Waals surface area contributed by atoms with Crippen LogP contribution >= 0.6 is 0 Å². The summed E-state index contributed by atoms with van der Waals surface area (Å²) in [6, 6.07) is 4.80. The van der Waals surface area contributed by atoms with Crippen molar-refractivity contribution in [2.45, 2.75) is 59.0 Å². The van der Waals surface area contributed by atoms with Gasteiger partial charge in [0.2, 0.25) is 0 Å². The molecule has 0 radical (unpaired) electrons. The molecular weight excluding hydrogens is 258 g/mol. The second-order valence-electron chi connectivity index (χ2n) is 6.34. The Morgan fingerprint density at radius 2 is 2.29 bits per heavy atom. The Bertz CT molecular complexity index is 417. The van der Waals surface area contributed by atoms with E-state index in [0.29, 0.717) is 6.04 Å². The molecule has 2 rings (SSSR count). The minimum absolute atomic E-state index is 0.566. The molecule has 2 unspecified atom stereocenters. The van der Waals surface area contributed by atoms with E-state index < -0.39 is 0 Å². The summed E-state index contributed by atoms with van der Waals surface area (Å²) in [5, 5.41) is 3.72. The number of likely N-dealkylation sites (tertiary alicyclic amines) is 1. The Morgan fingerprint density at radius 3 is 3.05 bits per heavy atom. The molecule has 118 valence electrons. The molecule has 1 aliphatic heterocycles. The molecule has 0 spiro atoms. The molecule has 3 nitrogen and oxygen atoms in total. The van der Waals surface area contributed by atoms with E-state index in [1.165, 1.54) is 50.2 Å². The molecule has 0 bridgehead atoms. The molecule has 1 N–H and O–H groups in total. The van der Waals surface area contributed by atoms with Crippen LogP contribution in [-0.2, 0) is 13.0 Å². The van der Waals surface area contributed by atoms with Crippen molar-refractivity contribution in [2.24, 2.45) is 5.92 Å². The first-order valence-corrected chi connectivity index (χ1v) is 8.63. The third-order valence-corrected chi connectivity index (χ3v) is 4.75. The van der Waals surface area contributed by atoms with E-state index in [0.717, 1.165) is 18.9 Å². The fourth-order valence-corrected chi connectivity index (χ4v) is 3.40. The lowest BCUT2D eigenvalue weighted by molar-refractivity contribution is 0.150. The maximum Gasteiger partial charge on any atom is 0.0573 e. The Hall–Kier alpha value is -0.930. The van der Waals surface area contributed by atoms with Gasteiger partial charge in [0.25, 0.3) is 0 Å². The van der Waals surface area contributed by atoms with Crippen molar-refractivity contribution in [1.82, 2.24) is 15.2 Å². The van der Waals surface area contributed by atoms with Gasteiger partial charge < -0.3 is 10.2 Å². The van der Waals surface area contributed by atoms with E-state index in [1.807, 2.05) is 12.3 Å². The molecular formula is C18H31N3. The van der Waals surface area contributed by atoms with Crippen LogP contribution in [0.2, 0.25) is 0 Å². The SMILES string of the molecule is CCCN1CCCC(C(C)NCc2ncccc2CC)C1. The van der Waals surface area contributed by atoms with Gasteiger partial charge in [-0.2, -0.15) is 0 Å². The fourth-order valence-electron chi connectivity index (χ4n) is 3.40. The normalized spacial score (nSPS) is 21.4. The molecule has 1 aromatic heterocycles. The summed E-state index contributed by atoms with van der Waals surface area (Å²) in [5.41, 5.74) is 2.58. The van der Waals surface area contributed by atoms with E-state index in [-0.39, 0.29) is 0 Å². The van der Waals surface area contributed by atoms with Crippen LogP contribution in [0.25, 0.3) is 0 Å². The van der Waals surface area contributed by atoms with Crippen molar-refractivity contribution in [1.29, 1.82) is 0 Å². The molecule has 1 aliphatic rings. The predicted octanol–water partition coefficient (Wildman–Crippen LogP) is 3.24. The van der Waals surface area contributed by atoms with Crippen LogP contribution in [0.4, 0.5) is 0 Å². The summed E-state index contributed by atoms with van der Waals surface area (Å²) < 4.78 is 0. The third kappa shape index (κ3) is 4.79. The Labute approximate surface area is 130 Å². The smallest absolute Gasteiger partial charge is 0.0573 e. The average Bonchev–Trinajstić information content (AvgIpc) is 2.53. The highest BCUT2D eigenvalue weighted by Gasteiger charge is 2.23. The number of aryl methyl sites for hydroxylation is 1. The van der Waals surface area contributed by atoms with Crippen LogP contribution in [0.3, 0.4) is 0 Å². The standard InChI is InChI=1S/C18H31N3/c1-4-11-21-12-7-9-17(14-21)15(3)20-13-18-16(5-2)8-6-10-19-18/h6,8,10,15,17,20H,4-5,7,9,11-14H2,1-3H3. The van der Waals surface area contributed by atoms with E-state index >= 15 is 0 Å². The fraction of sp³-hybridized carbons (Fsp3) is 0.722. The van der Waals surface area contributed by atoms with Crippen molar-refractivity contribution >= 4 is 0 Å². The van der Waals surface area contributed by atoms with Crippen molar-refractivity contribution in [3.05, 3.63) is 29.6 Å². The van der Waals surface area contributed by atoms with Gasteiger partial charge in [-0.3, -0.25) is 4.98 Å². The molecule has 1 aromatic rings.